The average Bonchev–Trinajstić information content (AvgIpc) is 3.08. The minimum absolute atomic E-state index is 0.0623. The second kappa shape index (κ2) is 7.55. The van der Waals surface area contributed by atoms with Crippen molar-refractivity contribution in [1.29, 1.82) is 0 Å². The van der Waals surface area contributed by atoms with E-state index in [4.69, 9.17) is 9.47 Å². The van der Waals surface area contributed by atoms with Crippen LogP contribution in [0.1, 0.15) is 31.7 Å². The summed E-state index contributed by atoms with van der Waals surface area (Å²) in [4.78, 5) is 3.83. The molecule has 0 saturated carbocycles. The zero-order valence-electron chi connectivity index (χ0n) is 13.9. The molecule has 0 amide bonds. The van der Waals surface area contributed by atoms with Gasteiger partial charge in [-0.25, -0.2) is 18.4 Å². The summed E-state index contributed by atoms with van der Waals surface area (Å²) in [6.45, 7) is 2.13. The fourth-order valence-corrected chi connectivity index (χ4v) is 2.99. The maximum Gasteiger partial charge on any atom is 0.158 e. The minimum atomic E-state index is -1.77. The maximum atomic E-state index is 14.4. The summed E-state index contributed by atoms with van der Waals surface area (Å²) < 4.78 is 40.4. The summed E-state index contributed by atoms with van der Waals surface area (Å²) in [6.07, 6.45) is 4.08. The molecular formula is C17H21F2N3O3. The lowest BCUT2D eigenvalue weighted by Gasteiger charge is -2.37. The summed E-state index contributed by atoms with van der Waals surface area (Å²) in [5.41, 5.74) is -1.83. The second-order valence-electron chi connectivity index (χ2n) is 6.22. The van der Waals surface area contributed by atoms with Gasteiger partial charge in [-0.15, -0.1) is 0 Å². The molecule has 25 heavy (non-hydrogen) atoms. The van der Waals surface area contributed by atoms with Crippen LogP contribution in [0.25, 0.3) is 0 Å². The fraction of sp³-hybridized carbons (Fsp3) is 0.529. The largest absolute Gasteiger partial charge is 0.380 e. The first-order chi connectivity index (χ1) is 12.0. The molecule has 1 aliphatic heterocycles. The molecule has 1 saturated heterocycles. The summed E-state index contributed by atoms with van der Waals surface area (Å²) in [5.74, 6) is -1.56. The van der Waals surface area contributed by atoms with Crippen LogP contribution in [0, 0.1) is 11.6 Å². The number of benzene rings is 1. The van der Waals surface area contributed by atoms with Gasteiger partial charge in [-0.3, -0.25) is 0 Å². The zero-order valence-corrected chi connectivity index (χ0v) is 13.9. The number of ether oxygens (including phenoxy) is 2. The Morgan fingerprint density at radius 1 is 1.44 bits per heavy atom. The lowest BCUT2D eigenvalue weighted by atomic mass is 9.88. The molecule has 1 aromatic heterocycles. The summed E-state index contributed by atoms with van der Waals surface area (Å²) in [7, 11) is 0. The quantitative estimate of drug-likeness (QED) is 0.863. The van der Waals surface area contributed by atoms with E-state index in [0.29, 0.717) is 13.0 Å². The highest BCUT2D eigenvalue weighted by Crippen LogP contribution is 2.33. The minimum Gasteiger partial charge on any atom is -0.380 e. The molecule has 3 rings (SSSR count). The van der Waals surface area contributed by atoms with E-state index in [1.807, 2.05) is 0 Å². The lowest BCUT2D eigenvalue weighted by molar-refractivity contribution is -0.229. The van der Waals surface area contributed by atoms with Crippen molar-refractivity contribution in [2.75, 3.05) is 6.61 Å². The molecule has 0 spiro atoms. The molecule has 0 radical (unpaired) electrons. The molecule has 1 N–H and O–H groups in total. The van der Waals surface area contributed by atoms with Crippen molar-refractivity contribution in [2.24, 2.45) is 0 Å². The van der Waals surface area contributed by atoms with Crippen LogP contribution in [0.15, 0.2) is 30.9 Å². The molecule has 3 atom stereocenters. The molecule has 6 nitrogen and oxygen atoms in total. The summed E-state index contributed by atoms with van der Waals surface area (Å²) in [6, 6.07) is 3.07. The molecule has 136 valence electrons. The standard InChI is InChI=1S/C17H21F2N3O3/c1-12(25-16-4-2-3-7-24-16)17(23,9-22-11-20-10-21-22)14-6-5-13(18)8-15(14)19/h5-6,8,10-12,16,23H,2-4,7,9H2,1H3/t12-,16?,17-/m0/s1. The topological polar surface area (TPSA) is 69.4 Å². The van der Waals surface area contributed by atoms with Crippen LogP contribution in [0.5, 0.6) is 0 Å². The van der Waals surface area contributed by atoms with Gasteiger partial charge >= 0.3 is 0 Å². The predicted molar refractivity (Wildman–Crippen MR) is 84.4 cm³/mol. The van der Waals surface area contributed by atoms with Crippen molar-refractivity contribution in [3.05, 3.63) is 48.1 Å². The Labute approximate surface area is 144 Å². The van der Waals surface area contributed by atoms with Gasteiger partial charge in [-0.2, -0.15) is 5.10 Å². The number of hydrogen-bond donors (Lipinski definition) is 1. The van der Waals surface area contributed by atoms with Crippen LogP contribution in [-0.2, 0) is 21.6 Å². The normalized spacial score (nSPS) is 21.7. The zero-order chi connectivity index (χ0) is 17.9. The molecule has 0 bridgehead atoms. The van der Waals surface area contributed by atoms with Gasteiger partial charge in [0.2, 0.25) is 0 Å². The number of nitrogens with zero attached hydrogens (tertiary/aromatic N) is 3. The molecule has 0 aliphatic carbocycles. The predicted octanol–water partition coefficient (Wildman–Crippen LogP) is 2.38. The maximum absolute atomic E-state index is 14.4. The third kappa shape index (κ3) is 4.02. The van der Waals surface area contributed by atoms with Gasteiger partial charge in [0.25, 0.3) is 0 Å². The summed E-state index contributed by atoms with van der Waals surface area (Å²) >= 11 is 0. The Morgan fingerprint density at radius 3 is 2.92 bits per heavy atom. The van der Waals surface area contributed by atoms with E-state index in [-0.39, 0.29) is 12.1 Å². The SMILES string of the molecule is C[C@H](OC1CCCCO1)[C@@](O)(Cn1cncn1)c1ccc(F)cc1F. The average molecular weight is 353 g/mol. The van der Waals surface area contributed by atoms with Crippen LogP contribution in [-0.4, -0.2) is 38.9 Å². The fourth-order valence-electron chi connectivity index (χ4n) is 2.99. The summed E-state index contributed by atoms with van der Waals surface area (Å²) in [5, 5.41) is 15.3. The van der Waals surface area contributed by atoms with E-state index in [1.54, 1.807) is 6.92 Å². The molecule has 2 aromatic rings. The van der Waals surface area contributed by atoms with Crippen molar-refractivity contribution < 1.29 is 23.4 Å². The van der Waals surface area contributed by atoms with Crippen molar-refractivity contribution >= 4 is 0 Å². The first-order valence-electron chi connectivity index (χ1n) is 8.26. The van der Waals surface area contributed by atoms with E-state index < -0.39 is 29.6 Å². The second-order valence-corrected chi connectivity index (χ2v) is 6.22. The van der Waals surface area contributed by atoms with Gasteiger partial charge in [0, 0.05) is 18.2 Å². The molecule has 1 aromatic carbocycles. The van der Waals surface area contributed by atoms with E-state index >= 15 is 0 Å². The third-order valence-corrected chi connectivity index (χ3v) is 4.43. The highest BCUT2D eigenvalue weighted by Gasteiger charge is 2.41. The smallest absolute Gasteiger partial charge is 0.158 e. The van der Waals surface area contributed by atoms with E-state index in [1.165, 1.54) is 23.4 Å². The third-order valence-electron chi connectivity index (χ3n) is 4.43. The number of rotatable bonds is 6. The Balaban J connectivity index is 1.89. The molecule has 2 heterocycles. The highest BCUT2D eigenvalue weighted by molar-refractivity contribution is 5.26. The first kappa shape index (κ1) is 17.9. The monoisotopic (exact) mass is 353 g/mol. The van der Waals surface area contributed by atoms with Gasteiger partial charge in [0.15, 0.2) is 6.29 Å². The van der Waals surface area contributed by atoms with Gasteiger partial charge in [0.1, 0.15) is 29.9 Å². The van der Waals surface area contributed by atoms with Crippen LogP contribution >= 0.6 is 0 Å². The van der Waals surface area contributed by atoms with E-state index in [0.717, 1.165) is 25.0 Å². The van der Waals surface area contributed by atoms with Crippen LogP contribution in [0.2, 0.25) is 0 Å². The van der Waals surface area contributed by atoms with E-state index in [2.05, 4.69) is 10.1 Å². The number of aromatic nitrogens is 3. The van der Waals surface area contributed by atoms with Crippen LogP contribution in [0.3, 0.4) is 0 Å². The Morgan fingerprint density at radius 2 is 2.28 bits per heavy atom. The molecular weight excluding hydrogens is 332 g/mol. The first-order valence-corrected chi connectivity index (χ1v) is 8.26. The van der Waals surface area contributed by atoms with E-state index in [9.17, 15) is 13.9 Å². The van der Waals surface area contributed by atoms with Crippen molar-refractivity contribution in [3.63, 3.8) is 0 Å². The van der Waals surface area contributed by atoms with Gasteiger partial charge in [-0.05, 0) is 32.3 Å². The van der Waals surface area contributed by atoms with Crippen molar-refractivity contribution in [2.45, 2.75) is 50.7 Å². The molecule has 1 fully saturated rings. The Bertz CT molecular complexity index is 692. The van der Waals surface area contributed by atoms with Gasteiger partial charge < -0.3 is 14.6 Å². The highest BCUT2D eigenvalue weighted by atomic mass is 19.1. The number of hydrogen-bond acceptors (Lipinski definition) is 5. The number of aliphatic hydroxyl groups is 1. The Hall–Kier alpha value is -1.90. The van der Waals surface area contributed by atoms with Crippen LogP contribution < -0.4 is 0 Å². The Kier molecular flexibility index (Phi) is 5.41. The number of halogens is 2. The molecule has 1 aliphatic rings. The lowest BCUT2D eigenvalue weighted by Crippen LogP contribution is -2.46. The molecule has 1 unspecified atom stereocenters. The van der Waals surface area contributed by atoms with Gasteiger partial charge in [0.05, 0.1) is 12.6 Å². The van der Waals surface area contributed by atoms with Crippen LogP contribution in [0.4, 0.5) is 8.78 Å². The molecule has 8 heteroatoms. The van der Waals surface area contributed by atoms with Crippen molar-refractivity contribution in [1.82, 2.24) is 14.8 Å². The van der Waals surface area contributed by atoms with Gasteiger partial charge in [-0.1, -0.05) is 6.07 Å². The van der Waals surface area contributed by atoms with Crippen molar-refractivity contribution in [3.8, 4) is 0 Å².